The Hall–Kier alpha value is -1.05. The molecule has 1 aliphatic rings. The number of nitrogens with one attached hydrogen (secondary N) is 1. The lowest BCUT2D eigenvalue weighted by molar-refractivity contribution is 0.288. The van der Waals surface area contributed by atoms with Gasteiger partial charge in [0.15, 0.2) is 5.96 Å². The lowest BCUT2D eigenvalue weighted by Crippen LogP contribution is -2.32. The van der Waals surface area contributed by atoms with Gasteiger partial charge in [-0.2, -0.15) is 0 Å². The molecule has 1 saturated carbocycles. The van der Waals surface area contributed by atoms with Crippen LogP contribution in [0, 0.1) is 5.92 Å². The molecule has 2 rings (SSSR count). The summed E-state index contributed by atoms with van der Waals surface area (Å²) in [6.07, 6.45) is 6.62. The second-order valence-corrected chi connectivity index (χ2v) is 5.24. The first-order valence-corrected chi connectivity index (χ1v) is 7.39. The van der Waals surface area contributed by atoms with Crippen LogP contribution in [0.5, 0.6) is 5.88 Å². The van der Waals surface area contributed by atoms with Crippen molar-refractivity contribution in [3.05, 3.63) is 23.9 Å². The predicted octanol–water partition coefficient (Wildman–Crippen LogP) is 2.69. The van der Waals surface area contributed by atoms with Crippen LogP contribution < -0.4 is 15.8 Å². The van der Waals surface area contributed by atoms with E-state index in [0.29, 0.717) is 18.4 Å². The van der Waals surface area contributed by atoms with Crippen molar-refractivity contribution >= 4 is 29.9 Å². The first kappa shape index (κ1) is 18.0. The Bertz CT molecular complexity index is 432. The number of aliphatic imine (C=N–C) groups is 1. The molecule has 0 aliphatic heterocycles. The molecular weight excluding hydrogens is 379 g/mol. The van der Waals surface area contributed by atoms with E-state index in [2.05, 4.69) is 22.2 Å². The molecule has 1 aromatic rings. The minimum absolute atomic E-state index is 0. The van der Waals surface area contributed by atoms with Crippen LogP contribution >= 0.6 is 24.0 Å². The maximum absolute atomic E-state index is 5.77. The SMILES string of the molecule is CCCCNC(N)=NCc1ccc(OCC2CC2)nc1.I. The fraction of sp³-hybridized carbons (Fsp3) is 0.600. The smallest absolute Gasteiger partial charge is 0.213 e. The lowest BCUT2D eigenvalue weighted by atomic mass is 10.3. The zero-order chi connectivity index (χ0) is 14.2. The van der Waals surface area contributed by atoms with Crippen LogP contribution in [0.4, 0.5) is 0 Å². The standard InChI is InChI=1S/C15H24N4O.HI/c1-2-3-8-17-15(16)19-10-13-6-7-14(18-9-13)20-11-12-4-5-12;/h6-7,9,12H,2-5,8,10-11H2,1H3,(H3,16,17,19);1H. The van der Waals surface area contributed by atoms with Gasteiger partial charge in [0.25, 0.3) is 0 Å². The van der Waals surface area contributed by atoms with E-state index in [0.717, 1.165) is 37.5 Å². The van der Waals surface area contributed by atoms with Gasteiger partial charge in [-0.25, -0.2) is 9.98 Å². The summed E-state index contributed by atoms with van der Waals surface area (Å²) in [4.78, 5) is 8.56. The summed E-state index contributed by atoms with van der Waals surface area (Å²) in [5, 5.41) is 3.09. The number of guanidine groups is 1. The summed E-state index contributed by atoms with van der Waals surface area (Å²) in [5.74, 6) is 1.93. The minimum atomic E-state index is 0. The molecule has 0 bridgehead atoms. The van der Waals surface area contributed by atoms with E-state index in [1.165, 1.54) is 12.8 Å². The van der Waals surface area contributed by atoms with Crippen LogP contribution in [0.15, 0.2) is 23.3 Å². The largest absolute Gasteiger partial charge is 0.477 e. The molecular formula is C15H25IN4O. The maximum Gasteiger partial charge on any atom is 0.213 e. The highest BCUT2D eigenvalue weighted by atomic mass is 127. The van der Waals surface area contributed by atoms with Gasteiger partial charge in [0.05, 0.1) is 13.2 Å². The van der Waals surface area contributed by atoms with Gasteiger partial charge < -0.3 is 15.8 Å². The van der Waals surface area contributed by atoms with E-state index in [1.54, 1.807) is 6.20 Å². The molecule has 1 aromatic heterocycles. The van der Waals surface area contributed by atoms with Crippen LogP contribution in [0.1, 0.15) is 38.2 Å². The molecule has 0 radical (unpaired) electrons. The molecule has 0 unspecified atom stereocenters. The lowest BCUT2D eigenvalue weighted by Gasteiger charge is -2.06. The third kappa shape index (κ3) is 7.50. The van der Waals surface area contributed by atoms with Gasteiger partial charge in [0, 0.05) is 18.8 Å². The van der Waals surface area contributed by atoms with Crippen molar-refractivity contribution in [1.29, 1.82) is 0 Å². The number of nitrogens with two attached hydrogens (primary N) is 1. The topological polar surface area (TPSA) is 72.5 Å². The van der Waals surface area contributed by atoms with Gasteiger partial charge in [-0.05, 0) is 30.7 Å². The first-order chi connectivity index (χ1) is 9.78. The van der Waals surface area contributed by atoms with E-state index < -0.39 is 0 Å². The molecule has 0 spiro atoms. The average molecular weight is 404 g/mol. The molecule has 0 atom stereocenters. The van der Waals surface area contributed by atoms with Gasteiger partial charge in [0.2, 0.25) is 5.88 Å². The van der Waals surface area contributed by atoms with Crippen molar-refractivity contribution in [2.45, 2.75) is 39.2 Å². The molecule has 3 N–H and O–H groups in total. The fourth-order valence-electron chi connectivity index (χ4n) is 1.70. The molecule has 0 saturated heterocycles. The van der Waals surface area contributed by atoms with E-state index in [4.69, 9.17) is 10.5 Å². The Kier molecular flexibility index (Phi) is 8.41. The van der Waals surface area contributed by atoms with Crippen LogP contribution in [0.25, 0.3) is 0 Å². The third-order valence-electron chi connectivity index (χ3n) is 3.23. The van der Waals surface area contributed by atoms with Crippen molar-refractivity contribution in [1.82, 2.24) is 10.3 Å². The quantitative estimate of drug-likeness (QED) is 0.303. The fourth-order valence-corrected chi connectivity index (χ4v) is 1.70. The summed E-state index contributed by atoms with van der Waals surface area (Å²) in [5.41, 5.74) is 6.81. The van der Waals surface area contributed by atoms with Gasteiger partial charge in [-0.1, -0.05) is 19.4 Å². The van der Waals surface area contributed by atoms with Gasteiger partial charge >= 0.3 is 0 Å². The Morgan fingerprint density at radius 2 is 2.29 bits per heavy atom. The molecule has 0 amide bonds. The maximum atomic E-state index is 5.77. The zero-order valence-corrected chi connectivity index (χ0v) is 14.9. The third-order valence-corrected chi connectivity index (χ3v) is 3.23. The highest BCUT2D eigenvalue weighted by Gasteiger charge is 2.21. The van der Waals surface area contributed by atoms with E-state index in [9.17, 15) is 0 Å². The number of hydrogen-bond acceptors (Lipinski definition) is 3. The van der Waals surface area contributed by atoms with Gasteiger partial charge in [0.1, 0.15) is 0 Å². The van der Waals surface area contributed by atoms with Crippen molar-refractivity contribution in [3.8, 4) is 5.88 Å². The molecule has 1 fully saturated rings. The number of rotatable bonds is 8. The average Bonchev–Trinajstić information content (AvgIpc) is 3.28. The molecule has 1 heterocycles. The second-order valence-electron chi connectivity index (χ2n) is 5.24. The van der Waals surface area contributed by atoms with E-state index >= 15 is 0 Å². The number of halogens is 1. The Morgan fingerprint density at radius 3 is 2.90 bits per heavy atom. The highest BCUT2D eigenvalue weighted by Crippen LogP contribution is 2.29. The van der Waals surface area contributed by atoms with Gasteiger partial charge in [-0.3, -0.25) is 0 Å². The molecule has 0 aromatic carbocycles. The summed E-state index contributed by atoms with van der Waals surface area (Å²) in [6, 6.07) is 3.88. The summed E-state index contributed by atoms with van der Waals surface area (Å²) < 4.78 is 5.59. The molecule has 118 valence electrons. The molecule has 21 heavy (non-hydrogen) atoms. The van der Waals surface area contributed by atoms with Crippen LogP contribution in [-0.4, -0.2) is 24.1 Å². The Morgan fingerprint density at radius 1 is 1.48 bits per heavy atom. The zero-order valence-electron chi connectivity index (χ0n) is 12.5. The van der Waals surface area contributed by atoms with Crippen molar-refractivity contribution in [2.24, 2.45) is 16.6 Å². The monoisotopic (exact) mass is 404 g/mol. The number of pyridine rings is 1. The van der Waals surface area contributed by atoms with Crippen LogP contribution in [0.3, 0.4) is 0 Å². The van der Waals surface area contributed by atoms with Crippen LogP contribution in [0.2, 0.25) is 0 Å². The Labute approximate surface area is 143 Å². The molecule has 5 nitrogen and oxygen atoms in total. The molecule has 1 aliphatic carbocycles. The highest BCUT2D eigenvalue weighted by molar-refractivity contribution is 14.0. The van der Waals surface area contributed by atoms with Crippen LogP contribution in [-0.2, 0) is 6.54 Å². The minimum Gasteiger partial charge on any atom is -0.477 e. The second kappa shape index (κ2) is 9.81. The Balaban J connectivity index is 0.00000220. The first-order valence-electron chi connectivity index (χ1n) is 7.39. The number of hydrogen-bond donors (Lipinski definition) is 2. The summed E-state index contributed by atoms with van der Waals surface area (Å²) in [7, 11) is 0. The normalized spacial score (nSPS) is 14.4. The summed E-state index contributed by atoms with van der Waals surface area (Å²) in [6.45, 7) is 4.35. The van der Waals surface area contributed by atoms with Crippen molar-refractivity contribution < 1.29 is 4.74 Å². The van der Waals surface area contributed by atoms with Crippen molar-refractivity contribution in [2.75, 3.05) is 13.2 Å². The van der Waals surface area contributed by atoms with E-state index in [1.807, 2.05) is 12.1 Å². The number of unbranched alkanes of at least 4 members (excludes halogenated alkanes) is 1. The van der Waals surface area contributed by atoms with E-state index in [-0.39, 0.29) is 24.0 Å². The number of aromatic nitrogens is 1. The summed E-state index contributed by atoms with van der Waals surface area (Å²) >= 11 is 0. The van der Waals surface area contributed by atoms with Crippen molar-refractivity contribution in [3.63, 3.8) is 0 Å². The number of nitrogens with zero attached hydrogens (tertiary/aromatic N) is 2. The molecule has 6 heteroatoms. The predicted molar refractivity (Wildman–Crippen MR) is 96.1 cm³/mol. The van der Waals surface area contributed by atoms with Gasteiger partial charge in [-0.15, -0.1) is 24.0 Å². The number of ether oxygens (including phenoxy) is 1.